The number of nitrogens with zero attached hydrogens (tertiary/aromatic N) is 2. The van der Waals surface area contributed by atoms with Gasteiger partial charge in [0.15, 0.2) is 11.5 Å². The molecule has 7 heteroatoms. The van der Waals surface area contributed by atoms with Crippen LogP contribution in [0.25, 0.3) is 0 Å². The van der Waals surface area contributed by atoms with E-state index in [9.17, 15) is 4.79 Å². The van der Waals surface area contributed by atoms with Crippen molar-refractivity contribution < 1.29 is 19.0 Å². The van der Waals surface area contributed by atoms with Gasteiger partial charge in [-0.2, -0.15) is 0 Å². The highest BCUT2D eigenvalue weighted by Crippen LogP contribution is 2.39. The number of carbonyl (C=O) groups is 1. The molecule has 0 bridgehead atoms. The van der Waals surface area contributed by atoms with Gasteiger partial charge in [-0.15, -0.1) is 11.3 Å². The molecule has 0 spiro atoms. The van der Waals surface area contributed by atoms with Crippen LogP contribution in [0.4, 0.5) is 0 Å². The van der Waals surface area contributed by atoms with Crippen molar-refractivity contribution in [2.45, 2.75) is 12.5 Å². The van der Waals surface area contributed by atoms with Gasteiger partial charge in [0.2, 0.25) is 0 Å². The summed E-state index contributed by atoms with van der Waals surface area (Å²) in [7, 11) is 7.30. The van der Waals surface area contributed by atoms with Crippen molar-refractivity contribution in [3.63, 3.8) is 0 Å². The molecular weight excluding hydrogens is 436 g/mol. The molecule has 1 amide bonds. The topological polar surface area (TPSA) is 51.2 Å². The summed E-state index contributed by atoms with van der Waals surface area (Å²) in [6.45, 7) is 2.69. The van der Waals surface area contributed by atoms with Crippen LogP contribution in [0.1, 0.15) is 32.3 Å². The van der Waals surface area contributed by atoms with E-state index in [1.54, 1.807) is 25.6 Å². The molecule has 0 fully saturated rings. The largest absolute Gasteiger partial charge is 0.493 e. The van der Waals surface area contributed by atoms with Crippen LogP contribution in [0, 0.1) is 0 Å². The van der Waals surface area contributed by atoms with Crippen LogP contribution >= 0.6 is 11.3 Å². The Balaban J connectivity index is 1.53. The molecule has 1 unspecified atom stereocenters. The van der Waals surface area contributed by atoms with Crippen LogP contribution in [-0.2, 0) is 6.54 Å². The predicted octanol–water partition coefficient (Wildman–Crippen LogP) is 4.49. The third-order valence-corrected chi connectivity index (χ3v) is 6.82. The summed E-state index contributed by atoms with van der Waals surface area (Å²) in [6, 6.07) is 15.6. The average molecular weight is 467 g/mol. The molecule has 4 rings (SSSR count). The molecule has 1 atom stereocenters. The van der Waals surface area contributed by atoms with Crippen molar-refractivity contribution >= 4 is 17.2 Å². The first kappa shape index (κ1) is 23.1. The van der Waals surface area contributed by atoms with Gasteiger partial charge in [-0.05, 0) is 73.1 Å². The Labute approximate surface area is 199 Å². The zero-order valence-corrected chi connectivity index (χ0v) is 20.4. The highest BCUT2D eigenvalue weighted by molar-refractivity contribution is 7.10. The van der Waals surface area contributed by atoms with E-state index in [2.05, 4.69) is 22.4 Å². The number of thiophene rings is 1. The summed E-state index contributed by atoms with van der Waals surface area (Å²) in [4.78, 5) is 18.6. The summed E-state index contributed by atoms with van der Waals surface area (Å²) in [5.74, 6) is 2.27. The molecule has 3 aromatic rings. The zero-order chi connectivity index (χ0) is 23.4. The fraction of sp³-hybridized carbons (Fsp3) is 0.346. The van der Waals surface area contributed by atoms with Crippen molar-refractivity contribution in [3.8, 4) is 17.2 Å². The summed E-state index contributed by atoms with van der Waals surface area (Å²) in [6.07, 6.45) is 0. The van der Waals surface area contributed by atoms with Crippen LogP contribution in [0.5, 0.6) is 17.2 Å². The molecule has 33 heavy (non-hydrogen) atoms. The Kier molecular flexibility index (Phi) is 7.20. The SMILES string of the molecule is COc1ccc(C2CN(C(=O)c3ccc(OCCN(C)C)cc3)Cc3sccc32)cc1OC. The molecule has 0 saturated carbocycles. The number of rotatable bonds is 8. The minimum Gasteiger partial charge on any atom is -0.493 e. The molecular formula is C26H30N2O4S. The van der Waals surface area contributed by atoms with Crippen LogP contribution < -0.4 is 14.2 Å². The minimum atomic E-state index is 0.0272. The fourth-order valence-electron chi connectivity index (χ4n) is 4.08. The smallest absolute Gasteiger partial charge is 0.254 e. The van der Waals surface area contributed by atoms with E-state index in [-0.39, 0.29) is 11.8 Å². The Bertz CT molecular complexity index is 1090. The fourth-order valence-corrected chi connectivity index (χ4v) is 5.03. The van der Waals surface area contributed by atoms with Gasteiger partial charge in [-0.3, -0.25) is 4.79 Å². The molecule has 1 aromatic heterocycles. The zero-order valence-electron chi connectivity index (χ0n) is 19.5. The Morgan fingerprint density at radius 3 is 2.52 bits per heavy atom. The number of amides is 1. The number of methoxy groups -OCH3 is 2. The third kappa shape index (κ3) is 5.15. The second-order valence-corrected chi connectivity index (χ2v) is 9.33. The first-order chi connectivity index (χ1) is 16.0. The van der Waals surface area contributed by atoms with Crippen molar-refractivity contribution in [1.82, 2.24) is 9.80 Å². The predicted molar refractivity (Wildman–Crippen MR) is 131 cm³/mol. The average Bonchev–Trinajstić information content (AvgIpc) is 3.31. The van der Waals surface area contributed by atoms with Gasteiger partial charge in [0.05, 0.1) is 20.8 Å². The van der Waals surface area contributed by atoms with E-state index in [1.165, 1.54) is 10.4 Å². The third-order valence-electron chi connectivity index (χ3n) is 5.90. The molecule has 1 aliphatic rings. The summed E-state index contributed by atoms with van der Waals surface area (Å²) in [5, 5.41) is 2.10. The number of likely N-dealkylation sites (N-methyl/N-ethyl adjacent to an activating group) is 1. The van der Waals surface area contributed by atoms with E-state index < -0.39 is 0 Å². The first-order valence-corrected chi connectivity index (χ1v) is 11.8. The maximum absolute atomic E-state index is 13.4. The van der Waals surface area contributed by atoms with Gasteiger partial charge in [0, 0.05) is 29.4 Å². The number of benzene rings is 2. The molecule has 0 aliphatic carbocycles. The van der Waals surface area contributed by atoms with Gasteiger partial charge >= 0.3 is 0 Å². The maximum Gasteiger partial charge on any atom is 0.254 e. The number of carbonyl (C=O) groups excluding carboxylic acids is 1. The van der Waals surface area contributed by atoms with Crippen molar-refractivity contribution in [2.24, 2.45) is 0 Å². The van der Waals surface area contributed by atoms with E-state index >= 15 is 0 Å². The maximum atomic E-state index is 13.4. The van der Waals surface area contributed by atoms with Gasteiger partial charge in [0.25, 0.3) is 5.91 Å². The second-order valence-electron chi connectivity index (χ2n) is 8.33. The van der Waals surface area contributed by atoms with Gasteiger partial charge in [-0.1, -0.05) is 6.07 Å². The molecule has 2 aromatic carbocycles. The molecule has 2 heterocycles. The lowest BCUT2D eigenvalue weighted by atomic mass is 9.88. The van der Waals surface area contributed by atoms with E-state index in [0.717, 1.165) is 17.9 Å². The van der Waals surface area contributed by atoms with Crippen LogP contribution in [0.3, 0.4) is 0 Å². The number of fused-ring (bicyclic) bond motifs is 1. The summed E-state index contributed by atoms with van der Waals surface area (Å²) in [5.41, 5.74) is 3.05. The highest BCUT2D eigenvalue weighted by Gasteiger charge is 2.31. The van der Waals surface area contributed by atoms with Crippen molar-refractivity contribution in [3.05, 3.63) is 75.5 Å². The molecule has 174 valence electrons. The van der Waals surface area contributed by atoms with Crippen LogP contribution in [0.15, 0.2) is 53.9 Å². The Hall–Kier alpha value is -3.03. The standard InChI is InChI=1S/C26H30N2O4S/c1-27(2)12-13-32-20-8-5-18(6-9-20)26(29)28-16-22(21-11-14-33-25(21)17-28)19-7-10-23(30-3)24(15-19)31-4/h5-11,14-15,22H,12-13,16-17H2,1-4H3. The van der Waals surface area contributed by atoms with Crippen LogP contribution in [0.2, 0.25) is 0 Å². The summed E-state index contributed by atoms with van der Waals surface area (Å²) >= 11 is 1.70. The normalized spacial score (nSPS) is 15.3. The first-order valence-electron chi connectivity index (χ1n) is 10.9. The van der Waals surface area contributed by atoms with Gasteiger partial charge < -0.3 is 24.0 Å². The van der Waals surface area contributed by atoms with Crippen LogP contribution in [-0.4, -0.2) is 63.7 Å². The van der Waals surface area contributed by atoms with Gasteiger partial charge in [0.1, 0.15) is 12.4 Å². The molecule has 1 aliphatic heterocycles. The van der Waals surface area contributed by atoms with Crippen molar-refractivity contribution in [2.75, 3.05) is 48.0 Å². The summed E-state index contributed by atoms with van der Waals surface area (Å²) < 4.78 is 16.7. The molecule has 6 nitrogen and oxygen atoms in total. The van der Waals surface area contributed by atoms with E-state index in [0.29, 0.717) is 36.8 Å². The van der Waals surface area contributed by atoms with E-state index in [4.69, 9.17) is 14.2 Å². The number of hydrogen-bond donors (Lipinski definition) is 0. The number of ether oxygens (including phenoxy) is 3. The van der Waals surface area contributed by atoms with Gasteiger partial charge in [-0.25, -0.2) is 0 Å². The molecule has 0 radical (unpaired) electrons. The lowest BCUT2D eigenvalue weighted by Crippen LogP contribution is -2.38. The molecule has 0 N–H and O–H groups in total. The Morgan fingerprint density at radius 1 is 1.06 bits per heavy atom. The Morgan fingerprint density at radius 2 is 1.82 bits per heavy atom. The number of hydrogen-bond acceptors (Lipinski definition) is 6. The van der Waals surface area contributed by atoms with Crippen molar-refractivity contribution in [1.29, 1.82) is 0 Å². The monoisotopic (exact) mass is 466 g/mol. The molecule has 0 saturated heterocycles. The lowest BCUT2D eigenvalue weighted by molar-refractivity contribution is 0.0727. The lowest BCUT2D eigenvalue weighted by Gasteiger charge is -2.33. The minimum absolute atomic E-state index is 0.0272. The second kappa shape index (κ2) is 10.3. The quantitative estimate of drug-likeness (QED) is 0.490. The van der Waals surface area contributed by atoms with E-state index in [1.807, 2.05) is 55.4 Å². The highest BCUT2D eigenvalue weighted by atomic mass is 32.1.